The molecule has 4 fully saturated rings. The van der Waals surface area contributed by atoms with Gasteiger partial charge < -0.3 is 30.1 Å². The lowest BCUT2D eigenvalue weighted by Gasteiger charge is -2.43. The Morgan fingerprint density at radius 3 is 2.50 bits per heavy atom. The van der Waals surface area contributed by atoms with Crippen molar-refractivity contribution >= 4 is 40.8 Å². The molecule has 4 aliphatic rings. The van der Waals surface area contributed by atoms with Gasteiger partial charge in [0.2, 0.25) is 11.8 Å². The number of unbranched alkanes of at least 4 members (excludes halogenated alkanes) is 1. The number of aryl methyl sites for hydroxylation is 1. The number of benzene rings is 2. The van der Waals surface area contributed by atoms with E-state index in [1.807, 2.05) is 37.4 Å². The molecule has 1 aromatic heterocycles. The molecule has 2 N–H and O–H groups in total. The highest BCUT2D eigenvalue weighted by atomic mass is 35.5. The van der Waals surface area contributed by atoms with E-state index in [1.54, 1.807) is 22.3 Å². The average molecular weight is 832 g/mol. The number of halogens is 1. The van der Waals surface area contributed by atoms with E-state index in [2.05, 4.69) is 57.7 Å². The van der Waals surface area contributed by atoms with Gasteiger partial charge in [0.1, 0.15) is 6.04 Å². The Balaban J connectivity index is 1.03. The standard InChI is InChI=1S/C46H63ClN6O4S/c1-33-16-17-41(42(47)35(33)3)57-45(56)52-26-27-53(40(31-52)43(54)48-29-38-14-10-28-58-38)44(55)39(15-7-8-23-51-24-9-11-34(51)2)49-37-18-20-46(21-19-37)22-25-50(32-46)30-36-12-5-4-6-13-36/h4-6,10,12-14,16-17,28,34,37,39-40,49H,7-9,11,15,18-27,29-32H2,1-3H3,(H,48,54)/t34?,37?,39-,40+,46?/m1/s1. The van der Waals surface area contributed by atoms with Gasteiger partial charge in [-0.1, -0.05) is 60.5 Å². The Morgan fingerprint density at radius 2 is 1.76 bits per heavy atom. The predicted molar refractivity (Wildman–Crippen MR) is 232 cm³/mol. The normalized spacial score (nSPS) is 24.7. The minimum absolute atomic E-state index is 0.0360. The number of hydrogen-bond donors (Lipinski definition) is 2. The van der Waals surface area contributed by atoms with Crippen LogP contribution in [0.25, 0.3) is 0 Å². The maximum atomic E-state index is 14.9. The summed E-state index contributed by atoms with van der Waals surface area (Å²) in [6.45, 7) is 12.5. The Hall–Kier alpha value is -3.48. The molecule has 3 aliphatic heterocycles. The monoisotopic (exact) mass is 830 g/mol. The number of hydrogen-bond acceptors (Lipinski definition) is 8. The summed E-state index contributed by atoms with van der Waals surface area (Å²) in [7, 11) is 0. The van der Waals surface area contributed by atoms with Crippen molar-refractivity contribution in [1.82, 2.24) is 30.2 Å². The van der Waals surface area contributed by atoms with E-state index in [1.165, 1.54) is 29.7 Å². The van der Waals surface area contributed by atoms with E-state index in [0.717, 1.165) is 87.3 Å². The van der Waals surface area contributed by atoms with E-state index in [-0.39, 0.29) is 43.2 Å². The third kappa shape index (κ3) is 10.6. The van der Waals surface area contributed by atoms with Crippen LogP contribution in [0.4, 0.5) is 4.79 Å². The van der Waals surface area contributed by atoms with Crippen LogP contribution in [0.1, 0.15) is 92.7 Å². The van der Waals surface area contributed by atoms with E-state index in [0.29, 0.717) is 29.4 Å². The number of amides is 3. The van der Waals surface area contributed by atoms with Gasteiger partial charge in [0.15, 0.2) is 5.75 Å². The summed E-state index contributed by atoms with van der Waals surface area (Å²) in [4.78, 5) is 52.1. The minimum atomic E-state index is -0.859. The van der Waals surface area contributed by atoms with Crippen LogP contribution in [0.2, 0.25) is 5.02 Å². The van der Waals surface area contributed by atoms with Gasteiger partial charge in [-0.05, 0) is 138 Å². The van der Waals surface area contributed by atoms with Crippen molar-refractivity contribution in [1.29, 1.82) is 0 Å². The molecule has 0 radical (unpaired) electrons. The fraction of sp³-hybridized carbons (Fsp3) is 0.587. The Morgan fingerprint density at radius 1 is 0.948 bits per heavy atom. The first-order chi connectivity index (χ1) is 28.1. The van der Waals surface area contributed by atoms with Gasteiger partial charge in [0, 0.05) is 43.1 Å². The second kappa shape index (κ2) is 19.7. The highest BCUT2D eigenvalue weighted by Crippen LogP contribution is 2.44. The Labute approximate surface area is 354 Å². The van der Waals surface area contributed by atoms with Crippen molar-refractivity contribution in [3.8, 4) is 5.75 Å². The molecule has 4 heterocycles. The van der Waals surface area contributed by atoms with Gasteiger partial charge in [-0.2, -0.15) is 0 Å². The average Bonchev–Trinajstić information content (AvgIpc) is 4.01. The van der Waals surface area contributed by atoms with Crippen molar-refractivity contribution in [2.75, 3.05) is 45.8 Å². The first-order valence-corrected chi connectivity index (χ1v) is 22.9. The lowest BCUT2D eigenvalue weighted by atomic mass is 9.72. The van der Waals surface area contributed by atoms with E-state index in [4.69, 9.17) is 16.3 Å². The number of piperazine rings is 1. The van der Waals surface area contributed by atoms with Gasteiger partial charge in [-0.25, -0.2) is 4.79 Å². The van der Waals surface area contributed by atoms with Crippen molar-refractivity contribution in [2.45, 2.75) is 122 Å². The van der Waals surface area contributed by atoms with E-state index >= 15 is 0 Å². The van der Waals surface area contributed by atoms with Crippen LogP contribution in [0.15, 0.2) is 60.0 Å². The van der Waals surface area contributed by atoms with Gasteiger partial charge >= 0.3 is 6.09 Å². The van der Waals surface area contributed by atoms with Crippen LogP contribution < -0.4 is 15.4 Å². The molecule has 3 atom stereocenters. The number of likely N-dealkylation sites (tertiary alicyclic amines) is 2. The van der Waals surface area contributed by atoms with Gasteiger partial charge in [-0.3, -0.25) is 14.5 Å². The molecule has 1 saturated carbocycles. The molecule has 314 valence electrons. The summed E-state index contributed by atoms with van der Waals surface area (Å²) in [5.74, 6) is -0.0346. The molecule has 3 aromatic rings. The zero-order chi connectivity index (χ0) is 40.6. The van der Waals surface area contributed by atoms with Gasteiger partial charge in [0.05, 0.1) is 24.2 Å². The smallest absolute Gasteiger partial charge is 0.409 e. The van der Waals surface area contributed by atoms with Gasteiger partial charge in [0.25, 0.3) is 0 Å². The molecule has 1 aliphatic carbocycles. The summed E-state index contributed by atoms with van der Waals surface area (Å²) in [6.07, 6.45) is 10.2. The summed E-state index contributed by atoms with van der Waals surface area (Å²) in [5, 5.41) is 9.33. The quantitative estimate of drug-likeness (QED) is 0.160. The number of ether oxygens (including phenoxy) is 1. The Kier molecular flexibility index (Phi) is 14.5. The molecular formula is C46H63ClN6O4S. The van der Waals surface area contributed by atoms with Crippen molar-refractivity contribution < 1.29 is 19.1 Å². The SMILES string of the molecule is Cc1ccc(OC(=O)N2CCN(C(=O)[C@@H](CCCCN3CCCC3C)NC3CCC4(CC3)CCN(Cc3ccccc3)C4)[C@H](C(=O)NCc3cccs3)C2)c(Cl)c1C. The number of rotatable bonds is 14. The van der Waals surface area contributed by atoms with Crippen LogP contribution >= 0.6 is 22.9 Å². The maximum Gasteiger partial charge on any atom is 0.415 e. The second-order valence-electron chi connectivity index (χ2n) is 17.4. The zero-order valence-electron chi connectivity index (χ0n) is 34.7. The van der Waals surface area contributed by atoms with Crippen LogP contribution in [-0.2, 0) is 22.7 Å². The molecule has 1 spiro atoms. The first-order valence-electron chi connectivity index (χ1n) is 21.7. The molecule has 12 heteroatoms. The third-order valence-corrected chi connectivity index (χ3v) is 14.8. The predicted octanol–water partition coefficient (Wildman–Crippen LogP) is 7.79. The van der Waals surface area contributed by atoms with E-state index < -0.39 is 18.2 Å². The summed E-state index contributed by atoms with van der Waals surface area (Å²) in [5.41, 5.74) is 3.57. The lowest BCUT2D eigenvalue weighted by Crippen LogP contribution is -2.64. The Bertz CT molecular complexity index is 1840. The highest BCUT2D eigenvalue weighted by Gasteiger charge is 2.43. The number of nitrogens with one attached hydrogen (secondary N) is 2. The van der Waals surface area contributed by atoms with Crippen molar-refractivity contribution in [3.63, 3.8) is 0 Å². The topological polar surface area (TPSA) is 97.5 Å². The van der Waals surface area contributed by atoms with Crippen LogP contribution in [0, 0.1) is 19.3 Å². The summed E-state index contributed by atoms with van der Waals surface area (Å²) >= 11 is 8.15. The zero-order valence-corrected chi connectivity index (χ0v) is 36.3. The minimum Gasteiger partial charge on any atom is -0.409 e. The van der Waals surface area contributed by atoms with Crippen molar-refractivity contribution in [3.05, 3.63) is 86.6 Å². The second-order valence-corrected chi connectivity index (χ2v) is 18.9. The van der Waals surface area contributed by atoms with E-state index in [9.17, 15) is 14.4 Å². The number of nitrogens with zero attached hydrogens (tertiary/aromatic N) is 4. The fourth-order valence-electron chi connectivity index (χ4n) is 9.70. The molecule has 7 rings (SSSR count). The maximum absolute atomic E-state index is 14.9. The summed E-state index contributed by atoms with van der Waals surface area (Å²) in [6, 6.07) is 17.9. The number of carbonyl (C=O) groups excluding carboxylic acids is 3. The number of thiophene rings is 1. The largest absolute Gasteiger partial charge is 0.415 e. The molecule has 2 aromatic carbocycles. The number of carbonyl (C=O) groups is 3. The molecule has 3 amide bonds. The lowest BCUT2D eigenvalue weighted by molar-refractivity contribution is -0.145. The van der Waals surface area contributed by atoms with Crippen molar-refractivity contribution in [2.24, 2.45) is 5.41 Å². The molecule has 58 heavy (non-hydrogen) atoms. The van der Waals surface area contributed by atoms with Gasteiger partial charge in [-0.15, -0.1) is 11.3 Å². The molecule has 1 unspecified atom stereocenters. The third-order valence-electron chi connectivity index (χ3n) is 13.5. The summed E-state index contributed by atoms with van der Waals surface area (Å²) < 4.78 is 5.80. The molecule has 0 bridgehead atoms. The molecule has 3 saturated heterocycles. The molecule has 10 nitrogen and oxygen atoms in total. The van der Waals surface area contributed by atoms with Crippen LogP contribution in [0.3, 0.4) is 0 Å². The van der Waals surface area contributed by atoms with Crippen LogP contribution in [0.5, 0.6) is 5.75 Å². The highest BCUT2D eigenvalue weighted by molar-refractivity contribution is 7.09. The molecular weight excluding hydrogens is 768 g/mol. The van der Waals surface area contributed by atoms with Crippen LogP contribution in [-0.4, -0.2) is 107 Å². The fourth-order valence-corrected chi connectivity index (χ4v) is 10.6. The first kappa shape index (κ1) is 42.6.